The maximum Gasteiger partial charge on any atom is 0.329 e. The number of hydrogen-bond donors (Lipinski definition) is 2. The third-order valence-corrected chi connectivity index (χ3v) is 4.00. The minimum atomic E-state index is -1.04. The Hall–Kier alpha value is -1.84. The number of benzene rings is 1. The van der Waals surface area contributed by atoms with Crippen molar-refractivity contribution in [3.05, 3.63) is 35.4 Å². The Morgan fingerprint density at radius 1 is 1.25 bits per heavy atom. The fourth-order valence-electron chi connectivity index (χ4n) is 2.42. The topological polar surface area (TPSA) is 66.4 Å². The number of hydrogen-bond acceptors (Lipinski definition) is 2. The number of aryl methyl sites for hydroxylation is 1. The summed E-state index contributed by atoms with van der Waals surface area (Å²) >= 11 is 0. The Bertz CT molecular complexity index is 489. The van der Waals surface area contributed by atoms with Gasteiger partial charge in [-0.05, 0) is 49.8 Å². The van der Waals surface area contributed by atoms with Crippen molar-refractivity contribution in [3.63, 3.8) is 0 Å². The number of nitrogens with one attached hydrogen (secondary N) is 1. The number of carboxylic acids is 1. The highest BCUT2D eigenvalue weighted by molar-refractivity contribution is 5.98. The van der Waals surface area contributed by atoms with E-state index in [1.54, 1.807) is 12.1 Å². The van der Waals surface area contributed by atoms with Crippen molar-refractivity contribution in [2.75, 3.05) is 0 Å². The molecule has 0 bridgehead atoms. The average Bonchev–Trinajstić information content (AvgIpc) is 2.40. The van der Waals surface area contributed by atoms with Gasteiger partial charge in [0.15, 0.2) is 0 Å². The van der Waals surface area contributed by atoms with E-state index in [0.29, 0.717) is 18.4 Å². The molecule has 1 amide bonds. The van der Waals surface area contributed by atoms with Gasteiger partial charge in [0.05, 0.1) is 0 Å². The molecule has 0 aliphatic heterocycles. The van der Waals surface area contributed by atoms with Crippen LogP contribution in [0.25, 0.3) is 0 Å². The molecule has 1 fully saturated rings. The summed E-state index contributed by atoms with van der Waals surface area (Å²) in [4.78, 5) is 23.3. The highest BCUT2D eigenvalue weighted by atomic mass is 16.4. The Balaban J connectivity index is 2.00. The van der Waals surface area contributed by atoms with Crippen LogP contribution >= 0.6 is 0 Å². The summed E-state index contributed by atoms with van der Waals surface area (Å²) in [6, 6.07) is 7.43. The molecule has 0 heterocycles. The highest BCUT2D eigenvalue weighted by Crippen LogP contribution is 2.32. The van der Waals surface area contributed by atoms with E-state index in [1.165, 1.54) is 5.56 Å². The monoisotopic (exact) mass is 275 g/mol. The summed E-state index contributed by atoms with van der Waals surface area (Å²) in [7, 11) is 0. The number of carbonyl (C=O) groups is 2. The average molecular weight is 275 g/mol. The van der Waals surface area contributed by atoms with Crippen LogP contribution in [0.2, 0.25) is 0 Å². The molecular formula is C16H21NO3. The van der Waals surface area contributed by atoms with E-state index in [-0.39, 0.29) is 5.91 Å². The van der Waals surface area contributed by atoms with Gasteiger partial charge in [0, 0.05) is 5.56 Å². The van der Waals surface area contributed by atoms with Crippen molar-refractivity contribution in [1.29, 1.82) is 0 Å². The van der Waals surface area contributed by atoms with Gasteiger partial charge in [-0.3, -0.25) is 4.79 Å². The van der Waals surface area contributed by atoms with Gasteiger partial charge < -0.3 is 10.4 Å². The van der Waals surface area contributed by atoms with E-state index in [2.05, 4.69) is 12.2 Å². The molecule has 2 N–H and O–H groups in total. The lowest BCUT2D eigenvalue weighted by molar-refractivity contribution is -0.148. The molecule has 0 aromatic heterocycles. The second kappa shape index (κ2) is 6.07. The Morgan fingerprint density at radius 2 is 1.90 bits per heavy atom. The smallest absolute Gasteiger partial charge is 0.329 e. The van der Waals surface area contributed by atoms with Crippen molar-refractivity contribution >= 4 is 11.9 Å². The highest BCUT2D eigenvalue weighted by Gasteiger charge is 2.45. The number of carbonyl (C=O) groups excluding carboxylic acids is 1. The minimum Gasteiger partial charge on any atom is -0.480 e. The number of rotatable bonds is 6. The van der Waals surface area contributed by atoms with Crippen LogP contribution in [-0.4, -0.2) is 22.5 Å². The summed E-state index contributed by atoms with van der Waals surface area (Å²) < 4.78 is 0. The molecule has 1 saturated carbocycles. The first-order valence-electron chi connectivity index (χ1n) is 7.22. The molecule has 0 radical (unpaired) electrons. The molecular weight excluding hydrogens is 254 g/mol. The molecule has 0 unspecified atom stereocenters. The summed E-state index contributed by atoms with van der Waals surface area (Å²) in [5.41, 5.74) is 0.690. The summed E-state index contributed by atoms with van der Waals surface area (Å²) in [5, 5.41) is 11.9. The van der Waals surface area contributed by atoms with E-state index in [9.17, 15) is 14.7 Å². The Kier molecular flexibility index (Phi) is 4.42. The number of unbranched alkanes of at least 4 members (excludes halogenated alkanes) is 1. The van der Waals surface area contributed by atoms with Gasteiger partial charge in [-0.15, -0.1) is 0 Å². The van der Waals surface area contributed by atoms with Crippen LogP contribution in [0.3, 0.4) is 0 Å². The second-order valence-corrected chi connectivity index (χ2v) is 5.50. The van der Waals surface area contributed by atoms with Crippen LogP contribution in [0.1, 0.15) is 54.9 Å². The Morgan fingerprint density at radius 3 is 2.35 bits per heavy atom. The largest absolute Gasteiger partial charge is 0.480 e. The van der Waals surface area contributed by atoms with Crippen LogP contribution in [0, 0.1) is 0 Å². The SMILES string of the molecule is CCCCc1ccc(C(=O)NC2(C(=O)O)CCC2)cc1. The van der Waals surface area contributed by atoms with Crippen LogP contribution < -0.4 is 5.32 Å². The lowest BCUT2D eigenvalue weighted by Crippen LogP contribution is -2.59. The van der Waals surface area contributed by atoms with Crippen LogP contribution in [0.15, 0.2) is 24.3 Å². The maximum absolute atomic E-state index is 12.1. The van der Waals surface area contributed by atoms with Crippen LogP contribution in [0.5, 0.6) is 0 Å². The van der Waals surface area contributed by atoms with E-state index in [1.807, 2.05) is 12.1 Å². The molecule has 1 aromatic rings. The zero-order valence-electron chi connectivity index (χ0n) is 11.8. The van der Waals surface area contributed by atoms with Crippen molar-refractivity contribution < 1.29 is 14.7 Å². The van der Waals surface area contributed by atoms with Gasteiger partial charge >= 0.3 is 5.97 Å². The first-order valence-corrected chi connectivity index (χ1v) is 7.22. The van der Waals surface area contributed by atoms with Gasteiger partial charge in [-0.25, -0.2) is 4.79 Å². The summed E-state index contributed by atoms with van der Waals surface area (Å²) in [6.07, 6.45) is 5.17. The Labute approximate surface area is 119 Å². The van der Waals surface area contributed by atoms with E-state index >= 15 is 0 Å². The van der Waals surface area contributed by atoms with Gasteiger partial charge in [-0.2, -0.15) is 0 Å². The van der Waals surface area contributed by atoms with E-state index < -0.39 is 11.5 Å². The van der Waals surface area contributed by atoms with Crippen molar-refractivity contribution in [1.82, 2.24) is 5.32 Å². The predicted octanol–water partition coefficient (Wildman–Crippen LogP) is 2.77. The zero-order valence-corrected chi connectivity index (χ0v) is 11.8. The summed E-state index contributed by atoms with van der Waals surface area (Å²) in [6.45, 7) is 2.14. The third kappa shape index (κ3) is 3.00. The summed E-state index contributed by atoms with van der Waals surface area (Å²) in [5.74, 6) is -1.23. The first-order chi connectivity index (χ1) is 9.57. The maximum atomic E-state index is 12.1. The molecule has 0 atom stereocenters. The molecule has 1 aliphatic rings. The lowest BCUT2D eigenvalue weighted by atomic mass is 9.76. The van der Waals surface area contributed by atoms with Gasteiger partial charge in [0.2, 0.25) is 0 Å². The minimum absolute atomic E-state index is 0.297. The van der Waals surface area contributed by atoms with Crippen LogP contribution in [-0.2, 0) is 11.2 Å². The molecule has 2 rings (SSSR count). The van der Waals surface area contributed by atoms with Gasteiger partial charge in [0.1, 0.15) is 5.54 Å². The molecule has 0 spiro atoms. The third-order valence-electron chi connectivity index (χ3n) is 4.00. The quantitative estimate of drug-likeness (QED) is 0.839. The normalized spacial score (nSPS) is 16.2. The predicted molar refractivity (Wildman–Crippen MR) is 76.7 cm³/mol. The standard InChI is InChI=1S/C16H21NO3/c1-2-3-5-12-6-8-13(9-7-12)14(18)17-16(15(19)20)10-4-11-16/h6-9H,2-5,10-11H2,1H3,(H,17,18)(H,19,20). The van der Waals surface area contributed by atoms with Crippen molar-refractivity contribution in [3.8, 4) is 0 Å². The second-order valence-electron chi connectivity index (χ2n) is 5.50. The first kappa shape index (κ1) is 14.6. The number of aliphatic carboxylic acids is 1. The van der Waals surface area contributed by atoms with E-state index in [0.717, 1.165) is 25.7 Å². The zero-order chi connectivity index (χ0) is 14.6. The van der Waals surface area contributed by atoms with Gasteiger partial charge in [-0.1, -0.05) is 25.5 Å². The molecule has 108 valence electrons. The molecule has 1 aromatic carbocycles. The number of amides is 1. The molecule has 20 heavy (non-hydrogen) atoms. The lowest BCUT2D eigenvalue weighted by Gasteiger charge is -2.38. The number of carboxylic acid groups (broad SMARTS) is 1. The van der Waals surface area contributed by atoms with E-state index in [4.69, 9.17) is 0 Å². The fourth-order valence-corrected chi connectivity index (χ4v) is 2.42. The molecule has 1 aliphatic carbocycles. The fraction of sp³-hybridized carbons (Fsp3) is 0.500. The van der Waals surface area contributed by atoms with Gasteiger partial charge in [0.25, 0.3) is 5.91 Å². The molecule has 4 heteroatoms. The molecule has 4 nitrogen and oxygen atoms in total. The van der Waals surface area contributed by atoms with Crippen LogP contribution in [0.4, 0.5) is 0 Å². The van der Waals surface area contributed by atoms with Crippen molar-refractivity contribution in [2.24, 2.45) is 0 Å². The molecule has 0 saturated heterocycles. The van der Waals surface area contributed by atoms with Crippen molar-refractivity contribution in [2.45, 2.75) is 51.0 Å².